The normalized spacial score (nSPS) is 13.4. The Kier molecular flexibility index (Phi) is 4.84. The fraction of sp³-hybridized carbons (Fsp3) is 0.500. The average Bonchev–Trinajstić information content (AvgIpc) is 2.24. The van der Waals surface area contributed by atoms with Crippen LogP contribution in [-0.2, 0) is 10.9 Å². The molecule has 0 fully saturated rings. The van der Waals surface area contributed by atoms with Crippen LogP contribution >= 0.6 is 0 Å². The van der Waals surface area contributed by atoms with Crippen molar-refractivity contribution in [2.75, 3.05) is 18.9 Å². The third-order valence-corrected chi connectivity index (χ3v) is 2.15. The van der Waals surface area contributed by atoms with Crippen molar-refractivity contribution in [3.05, 3.63) is 23.8 Å². The van der Waals surface area contributed by atoms with Gasteiger partial charge in [0, 0.05) is 18.4 Å². The van der Waals surface area contributed by atoms with E-state index in [0.717, 1.165) is 12.1 Å². The topological polar surface area (TPSA) is 44.5 Å². The Morgan fingerprint density at radius 1 is 1.28 bits per heavy atom. The van der Waals surface area contributed by atoms with Crippen LogP contribution in [0.4, 0.5) is 18.9 Å². The van der Waals surface area contributed by atoms with Crippen molar-refractivity contribution in [2.45, 2.75) is 26.1 Å². The van der Waals surface area contributed by atoms with E-state index in [1.54, 1.807) is 6.92 Å². The minimum absolute atomic E-state index is 0.0171. The van der Waals surface area contributed by atoms with Crippen LogP contribution in [0.25, 0.3) is 0 Å². The molecule has 1 aromatic carbocycles. The molecule has 0 aliphatic rings. The van der Waals surface area contributed by atoms with Crippen molar-refractivity contribution in [2.24, 2.45) is 0 Å². The van der Waals surface area contributed by atoms with Crippen molar-refractivity contribution in [1.82, 2.24) is 0 Å². The molecule has 1 unspecified atom stereocenters. The molecule has 0 aromatic heterocycles. The molecule has 0 bridgehead atoms. The van der Waals surface area contributed by atoms with Crippen LogP contribution in [0.5, 0.6) is 5.75 Å². The Labute approximate surface area is 104 Å². The lowest BCUT2D eigenvalue weighted by atomic mass is 10.2. The maximum absolute atomic E-state index is 12.6. The quantitative estimate of drug-likeness (QED) is 0.830. The molecule has 1 rings (SSSR count). The fourth-order valence-electron chi connectivity index (χ4n) is 1.40. The van der Waals surface area contributed by atoms with Crippen molar-refractivity contribution in [3.8, 4) is 5.75 Å². The highest BCUT2D eigenvalue weighted by Crippen LogP contribution is 2.33. The highest BCUT2D eigenvalue weighted by molar-refractivity contribution is 5.48. The lowest BCUT2D eigenvalue weighted by Gasteiger charge is -2.16. The molecular weight excluding hydrogens is 247 g/mol. The van der Waals surface area contributed by atoms with E-state index in [9.17, 15) is 13.2 Å². The summed E-state index contributed by atoms with van der Waals surface area (Å²) in [6.07, 6.45) is -4.77. The number of nitrogens with two attached hydrogens (primary N) is 1. The number of ether oxygens (including phenoxy) is 2. The van der Waals surface area contributed by atoms with Crippen LogP contribution < -0.4 is 10.5 Å². The molecule has 18 heavy (non-hydrogen) atoms. The molecule has 3 nitrogen and oxygen atoms in total. The van der Waals surface area contributed by atoms with Gasteiger partial charge in [0.1, 0.15) is 11.9 Å². The lowest BCUT2D eigenvalue weighted by Crippen LogP contribution is -2.19. The van der Waals surface area contributed by atoms with Gasteiger partial charge in [0.25, 0.3) is 0 Å². The van der Waals surface area contributed by atoms with Crippen LogP contribution in [0.1, 0.15) is 19.4 Å². The van der Waals surface area contributed by atoms with E-state index in [0.29, 0.717) is 13.2 Å². The SMILES string of the molecule is CCOCC(C)Oc1cc(N)cc(C(F)(F)F)c1. The summed E-state index contributed by atoms with van der Waals surface area (Å²) >= 11 is 0. The van der Waals surface area contributed by atoms with Gasteiger partial charge in [-0.3, -0.25) is 0 Å². The first-order valence-corrected chi connectivity index (χ1v) is 5.55. The van der Waals surface area contributed by atoms with E-state index < -0.39 is 11.7 Å². The first-order chi connectivity index (χ1) is 8.32. The van der Waals surface area contributed by atoms with Crippen LogP contribution in [0.2, 0.25) is 0 Å². The molecule has 0 heterocycles. The van der Waals surface area contributed by atoms with E-state index in [-0.39, 0.29) is 17.5 Å². The van der Waals surface area contributed by atoms with Crippen LogP contribution in [0.3, 0.4) is 0 Å². The predicted octanol–water partition coefficient (Wildman–Crippen LogP) is 3.09. The Morgan fingerprint density at radius 3 is 2.50 bits per heavy atom. The van der Waals surface area contributed by atoms with Gasteiger partial charge < -0.3 is 15.2 Å². The molecule has 102 valence electrons. The molecule has 1 atom stereocenters. The predicted molar refractivity (Wildman–Crippen MR) is 62.4 cm³/mol. The van der Waals surface area contributed by atoms with E-state index in [1.165, 1.54) is 6.07 Å². The first kappa shape index (κ1) is 14.6. The minimum atomic E-state index is -4.43. The van der Waals surface area contributed by atoms with E-state index >= 15 is 0 Å². The van der Waals surface area contributed by atoms with E-state index in [1.807, 2.05) is 6.92 Å². The van der Waals surface area contributed by atoms with Gasteiger partial charge >= 0.3 is 6.18 Å². The van der Waals surface area contributed by atoms with Gasteiger partial charge in [0.15, 0.2) is 0 Å². The molecular formula is C12H16F3NO2. The van der Waals surface area contributed by atoms with Gasteiger partial charge in [0.05, 0.1) is 12.2 Å². The zero-order chi connectivity index (χ0) is 13.8. The second-order valence-electron chi connectivity index (χ2n) is 3.88. The zero-order valence-electron chi connectivity index (χ0n) is 10.3. The molecule has 0 saturated heterocycles. The minimum Gasteiger partial charge on any atom is -0.488 e. The van der Waals surface area contributed by atoms with Crippen LogP contribution in [0.15, 0.2) is 18.2 Å². The van der Waals surface area contributed by atoms with Gasteiger partial charge in [-0.2, -0.15) is 13.2 Å². The molecule has 0 spiro atoms. The van der Waals surface area contributed by atoms with Crippen LogP contribution in [0, 0.1) is 0 Å². The van der Waals surface area contributed by atoms with E-state index in [2.05, 4.69) is 0 Å². The standard InChI is InChI=1S/C12H16F3NO2/c1-3-17-7-8(2)18-11-5-9(12(13,14)15)4-10(16)6-11/h4-6,8H,3,7,16H2,1-2H3. The number of hydrogen-bond donors (Lipinski definition) is 1. The Balaban J connectivity index is 2.80. The van der Waals surface area contributed by atoms with Gasteiger partial charge in [-0.05, 0) is 26.0 Å². The van der Waals surface area contributed by atoms with E-state index in [4.69, 9.17) is 15.2 Å². The monoisotopic (exact) mass is 263 g/mol. The molecule has 1 aromatic rings. The molecule has 0 aliphatic carbocycles. The number of nitrogen functional groups attached to an aromatic ring is 1. The molecule has 0 saturated carbocycles. The first-order valence-electron chi connectivity index (χ1n) is 5.55. The third kappa shape index (κ3) is 4.44. The van der Waals surface area contributed by atoms with Crippen molar-refractivity contribution < 1.29 is 22.6 Å². The number of rotatable bonds is 5. The number of hydrogen-bond acceptors (Lipinski definition) is 3. The van der Waals surface area contributed by atoms with Gasteiger partial charge in [-0.1, -0.05) is 0 Å². The fourth-order valence-corrected chi connectivity index (χ4v) is 1.40. The zero-order valence-corrected chi connectivity index (χ0v) is 10.3. The van der Waals surface area contributed by atoms with Crippen LogP contribution in [-0.4, -0.2) is 19.3 Å². The Bertz CT molecular complexity index is 393. The van der Waals surface area contributed by atoms with Gasteiger partial charge in [0.2, 0.25) is 0 Å². The molecule has 0 amide bonds. The second kappa shape index (κ2) is 5.95. The third-order valence-electron chi connectivity index (χ3n) is 2.15. The maximum atomic E-state index is 12.6. The Hall–Kier alpha value is -1.43. The summed E-state index contributed by atoms with van der Waals surface area (Å²) in [5.41, 5.74) is 4.62. The summed E-state index contributed by atoms with van der Waals surface area (Å²) in [5.74, 6) is 0.0922. The Morgan fingerprint density at radius 2 is 1.94 bits per heavy atom. The smallest absolute Gasteiger partial charge is 0.416 e. The average molecular weight is 263 g/mol. The number of anilines is 1. The van der Waals surface area contributed by atoms with Gasteiger partial charge in [-0.25, -0.2) is 0 Å². The molecule has 2 N–H and O–H groups in total. The molecule has 0 radical (unpaired) electrons. The summed E-state index contributed by atoms with van der Waals surface area (Å²) in [6.45, 7) is 4.38. The summed E-state index contributed by atoms with van der Waals surface area (Å²) in [5, 5.41) is 0. The largest absolute Gasteiger partial charge is 0.488 e. The molecule has 0 aliphatic heterocycles. The molecule has 6 heteroatoms. The highest BCUT2D eigenvalue weighted by Gasteiger charge is 2.31. The number of alkyl halides is 3. The number of halogens is 3. The second-order valence-corrected chi connectivity index (χ2v) is 3.88. The van der Waals surface area contributed by atoms with Crippen molar-refractivity contribution in [1.29, 1.82) is 0 Å². The number of benzene rings is 1. The summed E-state index contributed by atoms with van der Waals surface area (Å²) in [6, 6.07) is 3.16. The van der Waals surface area contributed by atoms with Crippen molar-refractivity contribution in [3.63, 3.8) is 0 Å². The highest BCUT2D eigenvalue weighted by atomic mass is 19.4. The van der Waals surface area contributed by atoms with Gasteiger partial charge in [-0.15, -0.1) is 0 Å². The van der Waals surface area contributed by atoms with Crippen molar-refractivity contribution >= 4 is 5.69 Å². The summed E-state index contributed by atoms with van der Waals surface area (Å²) in [7, 11) is 0. The lowest BCUT2D eigenvalue weighted by molar-refractivity contribution is -0.137. The maximum Gasteiger partial charge on any atom is 0.416 e. The summed E-state index contributed by atoms with van der Waals surface area (Å²) in [4.78, 5) is 0. The summed E-state index contributed by atoms with van der Waals surface area (Å²) < 4.78 is 48.1.